The second-order valence-corrected chi connectivity index (χ2v) is 4.56. The molecule has 1 aliphatic carbocycles. The van der Waals surface area contributed by atoms with Crippen LogP contribution in [0.4, 0.5) is 0 Å². The quantitative estimate of drug-likeness (QED) is 0.870. The highest BCUT2D eigenvalue weighted by atomic mass is 16.3. The van der Waals surface area contributed by atoms with Crippen molar-refractivity contribution in [3.8, 4) is 11.3 Å². The highest BCUT2D eigenvalue weighted by Gasteiger charge is 2.22. The van der Waals surface area contributed by atoms with Gasteiger partial charge in [-0.05, 0) is 30.9 Å². The molecule has 2 aromatic rings. The van der Waals surface area contributed by atoms with Gasteiger partial charge in [0.15, 0.2) is 0 Å². The van der Waals surface area contributed by atoms with E-state index < -0.39 is 0 Å². The number of aliphatic hydroxyl groups is 1. The van der Waals surface area contributed by atoms with Gasteiger partial charge >= 0.3 is 0 Å². The van der Waals surface area contributed by atoms with E-state index in [0.717, 1.165) is 29.3 Å². The molecule has 0 aliphatic heterocycles. The number of aliphatic hydroxyl groups excluding tert-OH is 1. The van der Waals surface area contributed by atoms with Crippen molar-refractivity contribution in [2.75, 3.05) is 0 Å². The number of rotatable bonds is 4. The van der Waals surface area contributed by atoms with Crippen LogP contribution in [-0.2, 0) is 13.2 Å². The number of aromatic nitrogens is 3. The average Bonchev–Trinajstić information content (AvgIpc) is 3.08. The zero-order valence-corrected chi connectivity index (χ0v) is 9.58. The lowest BCUT2D eigenvalue weighted by Crippen LogP contribution is -1.99. The Balaban J connectivity index is 1.94. The maximum atomic E-state index is 9.37. The van der Waals surface area contributed by atoms with Crippen molar-refractivity contribution in [1.82, 2.24) is 14.8 Å². The highest BCUT2D eigenvalue weighted by Crippen LogP contribution is 2.31. The van der Waals surface area contributed by atoms with Crippen molar-refractivity contribution in [3.63, 3.8) is 0 Å². The lowest BCUT2D eigenvalue weighted by molar-refractivity contribution is 0.282. The first-order valence-electron chi connectivity index (χ1n) is 5.94. The molecule has 17 heavy (non-hydrogen) atoms. The van der Waals surface area contributed by atoms with E-state index in [2.05, 4.69) is 10.1 Å². The minimum absolute atomic E-state index is 0.0301. The smallest absolute Gasteiger partial charge is 0.0979 e. The standard InChI is InChI=1S/C13H15N3O/c17-9-12-8-16(7-10-1-2-10)15-13(12)11-3-5-14-6-4-11/h3-6,8,10,17H,1-2,7,9H2. The number of hydrogen-bond acceptors (Lipinski definition) is 3. The molecule has 1 aliphatic rings. The summed E-state index contributed by atoms with van der Waals surface area (Å²) >= 11 is 0. The van der Waals surface area contributed by atoms with Crippen LogP contribution in [0.5, 0.6) is 0 Å². The molecule has 0 unspecified atom stereocenters. The van der Waals surface area contributed by atoms with E-state index in [-0.39, 0.29) is 6.61 Å². The molecule has 1 saturated carbocycles. The summed E-state index contributed by atoms with van der Waals surface area (Å²) in [5, 5.41) is 13.9. The van der Waals surface area contributed by atoms with Gasteiger partial charge < -0.3 is 5.11 Å². The van der Waals surface area contributed by atoms with Crippen LogP contribution in [0.2, 0.25) is 0 Å². The van der Waals surface area contributed by atoms with Crippen LogP contribution in [0.25, 0.3) is 11.3 Å². The van der Waals surface area contributed by atoms with E-state index in [9.17, 15) is 5.11 Å². The largest absolute Gasteiger partial charge is 0.392 e. The van der Waals surface area contributed by atoms with E-state index in [0.29, 0.717) is 0 Å². The molecular weight excluding hydrogens is 214 g/mol. The molecule has 0 saturated heterocycles. The normalized spacial score (nSPS) is 15.1. The zero-order valence-electron chi connectivity index (χ0n) is 9.58. The van der Waals surface area contributed by atoms with Crippen molar-refractivity contribution in [1.29, 1.82) is 0 Å². The van der Waals surface area contributed by atoms with Gasteiger partial charge in [-0.1, -0.05) is 0 Å². The van der Waals surface area contributed by atoms with Crippen molar-refractivity contribution in [2.45, 2.75) is 26.0 Å². The van der Waals surface area contributed by atoms with E-state index in [1.54, 1.807) is 12.4 Å². The summed E-state index contributed by atoms with van der Waals surface area (Å²) in [6.07, 6.45) is 8.05. The molecule has 1 fully saturated rings. The molecule has 2 heterocycles. The first-order valence-corrected chi connectivity index (χ1v) is 5.94. The van der Waals surface area contributed by atoms with E-state index in [1.165, 1.54) is 12.8 Å². The summed E-state index contributed by atoms with van der Waals surface area (Å²) < 4.78 is 1.96. The van der Waals surface area contributed by atoms with Crippen molar-refractivity contribution in [2.24, 2.45) is 5.92 Å². The zero-order chi connectivity index (χ0) is 11.7. The van der Waals surface area contributed by atoms with Crippen LogP contribution in [-0.4, -0.2) is 19.9 Å². The van der Waals surface area contributed by atoms with E-state index in [4.69, 9.17) is 0 Å². The van der Waals surface area contributed by atoms with Crippen LogP contribution in [0.1, 0.15) is 18.4 Å². The number of pyridine rings is 1. The first-order chi connectivity index (χ1) is 8.36. The van der Waals surface area contributed by atoms with Gasteiger partial charge in [0.2, 0.25) is 0 Å². The third-order valence-corrected chi connectivity index (χ3v) is 3.10. The summed E-state index contributed by atoms with van der Waals surface area (Å²) in [6, 6.07) is 3.84. The van der Waals surface area contributed by atoms with Gasteiger partial charge in [0.05, 0.1) is 12.3 Å². The van der Waals surface area contributed by atoms with Gasteiger partial charge in [0.1, 0.15) is 0 Å². The van der Waals surface area contributed by atoms with Crippen LogP contribution < -0.4 is 0 Å². The molecule has 0 amide bonds. The van der Waals surface area contributed by atoms with Gasteiger partial charge in [0.25, 0.3) is 0 Å². The SMILES string of the molecule is OCc1cn(CC2CC2)nc1-c1ccncc1. The van der Waals surface area contributed by atoms with Crippen LogP contribution in [0.3, 0.4) is 0 Å². The minimum atomic E-state index is 0.0301. The van der Waals surface area contributed by atoms with Crippen molar-refractivity contribution >= 4 is 0 Å². The first kappa shape index (κ1) is 10.5. The number of nitrogens with zero attached hydrogens (tertiary/aromatic N) is 3. The predicted molar refractivity (Wildman–Crippen MR) is 64.1 cm³/mol. The fourth-order valence-corrected chi connectivity index (χ4v) is 1.99. The van der Waals surface area contributed by atoms with Crippen LogP contribution in [0.15, 0.2) is 30.7 Å². The minimum Gasteiger partial charge on any atom is -0.392 e. The summed E-state index contributed by atoms with van der Waals surface area (Å²) in [7, 11) is 0. The molecule has 0 radical (unpaired) electrons. The molecule has 4 nitrogen and oxygen atoms in total. The fourth-order valence-electron chi connectivity index (χ4n) is 1.99. The predicted octanol–water partition coefficient (Wildman–Crippen LogP) is 1.85. The van der Waals surface area contributed by atoms with E-state index in [1.807, 2.05) is 23.0 Å². The molecule has 0 atom stereocenters. The third kappa shape index (κ3) is 2.22. The Bertz CT molecular complexity index is 503. The Morgan fingerprint density at radius 1 is 1.29 bits per heavy atom. The topological polar surface area (TPSA) is 50.9 Å². The second-order valence-electron chi connectivity index (χ2n) is 4.56. The molecule has 4 heteroatoms. The molecule has 2 aromatic heterocycles. The molecule has 88 valence electrons. The lowest BCUT2D eigenvalue weighted by Gasteiger charge is -1.98. The Morgan fingerprint density at radius 3 is 2.71 bits per heavy atom. The molecule has 3 rings (SSSR count). The lowest BCUT2D eigenvalue weighted by atomic mass is 10.1. The Labute approximate surface area is 99.9 Å². The molecule has 1 N–H and O–H groups in total. The summed E-state index contributed by atoms with van der Waals surface area (Å²) in [5.74, 6) is 0.784. The number of hydrogen-bond donors (Lipinski definition) is 1. The van der Waals surface area contributed by atoms with Gasteiger partial charge in [-0.25, -0.2) is 0 Å². The Morgan fingerprint density at radius 2 is 2.06 bits per heavy atom. The monoisotopic (exact) mass is 229 g/mol. The fraction of sp³-hybridized carbons (Fsp3) is 0.385. The highest BCUT2D eigenvalue weighted by molar-refractivity contribution is 5.61. The van der Waals surface area contributed by atoms with E-state index >= 15 is 0 Å². The molecule has 0 spiro atoms. The van der Waals surface area contributed by atoms with Crippen LogP contribution >= 0.6 is 0 Å². The molecular formula is C13H15N3O. The average molecular weight is 229 g/mol. The van der Waals surface area contributed by atoms with Gasteiger partial charge in [0, 0.05) is 36.3 Å². The summed E-state index contributed by atoms with van der Waals surface area (Å²) in [6.45, 7) is 1.00. The second kappa shape index (κ2) is 4.30. The maximum absolute atomic E-state index is 9.37. The maximum Gasteiger partial charge on any atom is 0.0979 e. The van der Waals surface area contributed by atoms with Crippen molar-refractivity contribution < 1.29 is 5.11 Å². The van der Waals surface area contributed by atoms with Crippen LogP contribution in [0, 0.1) is 5.92 Å². The Kier molecular flexibility index (Phi) is 2.65. The Hall–Kier alpha value is -1.68. The van der Waals surface area contributed by atoms with Crippen molar-refractivity contribution in [3.05, 3.63) is 36.3 Å². The molecule has 0 aromatic carbocycles. The summed E-state index contributed by atoms with van der Waals surface area (Å²) in [5.41, 5.74) is 2.77. The van der Waals surface area contributed by atoms with Gasteiger partial charge in [-0.15, -0.1) is 0 Å². The van der Waals surface area contributed by atoms with Gasteiger partial charge in [-0.2, -0.15) is 5.10 Å². The third-order valence-electron chi connectivity index (χ3n) is 3.10. The molecule has 0 bridgehead atoms. The summed E-state index contributed by atoms with van der Waals surface area (Å²) in [4.78, 5) is 3.99. The van der Waals surface area contributed by atoms with Gasteiger partial charge in [-0.3, -0.25) is 9.67 Å².